The Morgan fingerprint density at radius 2 is 2.00 bits per heavy atom. The summed E-state index contributed by atoms with van der Waals surface area (Å²) in [5, 5.41) is 2.90. The topological polar surface area (TPSA) is 80.0 Å². The number of carbonyl (C=O) groups excluding carboxylic acids is 1. The van der Waals surface area contributed by atoms with Crippen molar-refractivity contribution >= 4 is 11.7 Å². The van der Waals surface area contributed by atoms with E-state index in [4.69, 9.17) is 5.84 Å². The van der Waals surface area contributed by atoms with Gasteiger partial charge >= 0.3 is 0 Å². The third kappa shape index (κ3) is 3.33. The van der Waals surface area contributed by atoms with Gasteiger partial charge in [-0.25, -0.2) is 10.8 Å². The number of carbonyl (C=O) groups is 1. The van der Waals surface area contributed by atoms with E-state index < -0.39 is 0 Å². The van der Waals surface area contributed by atoms with Crippen LogP contribution in [0.4, 0.5) is 5.82 Å². The molecule has 0 unspecified atom stereocenters. The molecule has 0 aliphatic carbocycles. The second-order valence-electron chi connectivity index (χ2n) is 4.64. The summed E-state index contributed by atoms with van der Waals surface area (Å²) in [6.07, 6.45) is 0. The van der Waals surface area contributed by atoms with Gasteiger partial charge in [-0.3, -0.25) is 4.79 Å². The zero-order valence-electron chi connectivity index (χ0n) is 11.6. The summed E-state index contributed by atoms with van der Waals surface area (Å²) < 4.78 is 0. The fourth-order valence-electron chi connectivity index (χ4n) is 1.96. The maximum absolute atomic E-state index is 12.1. The Labute approximate surface area is 118 Å². The van der Waals surface area contributed by atoms with Gasteiger partial charge in [0, 0.05) is 17.8 Å². The number of rotatable bonds is 4. The third-order valence-electron chi connectivity index (χ3n) is 3.06. The minimum Gasteiger partial charge on any atom is -0.348 e. The molecule has 20 heavy (non-hydrogen) atoms. The van der Waals surface area contributed by atoms with E-state index in [-0.39, 0.29) is 5.91 Å². The number of nitrogen functional groups attached to an aromatic ring is 1. The first-order valence-electron chi connectivity index (χ1n) is 6.38. The molecule has 0 bridgehead atoms. The van der Waals surface area contributed by atoms with Crippen LogP contribution in [0, 0.1) is 13.8 Å². The molecule has 1 amide bonds. The van der Waals surface area contributed by atoms with Crippen LogP contribution in [0.15, 0.2) is 36.4 Å². The minimum absolute atomic E-state index is 0.143. The summed E-state index contributed by atoms with van der Waals surface area (Å²) in [6.45, 7) is 4.34. The van der Waals surface area contributed by atoms with Crippen molar-refractivity contribution in [2.75, 3.05) is 5.43 Å². The summed E-state index contributed by atoms with van der Waals surface area (Å²) in [6, 6.07) is 11.3. The van der Waals surface area contributed by atoms with Crippen molar-refractivity contribution in [2.45, 2.75) is 20.4 Å². The van der Waals surface area contributed by atoms with Crippen LogP contribution >= 0.6 is 0 Å². The van der Waals surface area contributed by atoms with E-state index in [1.165, 1.54) is 0 Å². The van der Waals surface area contributed by atoms with Gasteiger partial charge in [0.1, 0.15) is 5.82 Å². The highest BCUT2D eigenvalue weighted by atomic mass is 16.1. The maximum atomic E-state index is 12.1. The summed E-state index contributed by atoms with van der Waals surface area (Å²) in [5.74, 6) is 5.66. The third-order valence-corrected chi connectivity index (χ3v) is 3.06. The van der Waals surface area contributed by atoms with Crippen LogP contribution in [0.5, 0.6) is 0 Å². The Hall–Kier alpha value is -2.40. The van der Waals surface area contributed by atoms with Crippen molar-refractivity contribution < 1.29 is 4.79 Å². The van der Waals surface area contributed by atoms with Gasteiger partial charge in [0.15, 0.2) is 0 Å². The second kappa shape index (κ2) is 6.16. The molecule has 0 aliphatic heterocycles. The highest BCUT2D eigenvalue weighted by molar-refractivity contribution is 5.94. The lowest BCUT2D eigenvalue weighted by molar-refractivity contribution is 0.0950. The predicted octanol–water partition coefficient (Wildman–Crippen LogP) is 1.91. The van der Waals surface area contributed by atoms with Crippen LogP contribution < -0.4 is 16.6 Å². The van der Waals surface area contributed by atoms with Gasteiger partial charge in [-0.2, -0.15) is 0 Å². The van der Waals surface area contributed by atoms with E-state index in [9.17, 15) is 4.79 Å². The zero-order valence-corrected chi connectivity index (χ0v) is 11.6. The van der Waals surface area contributed by atoms with E-state index in [0.717, 1.165) is 16.8 Å². The molecule has 1 aromatic carbocycles. The Kier molecular flexibility index (Phi) is 4.32. The molecule has 104 valence electrons. The summed E-state index contributed by atoms with van der Waals surface area (Å²) >= 11 is 0. The van der Waals surface area contributed by atoms with E-state index in [0.29, 0.717) is 17.9 Å². The number of hydrazine groups is 1. The highest BCUT2D eigenvalue weighted by Gasteiger charge is 2.08. The quantitative estimate of drug-likeness (QED) is 0.585. The van der Waals surface area contributed by atoms with Crippen LogP contribution in [-0.2, 0) is 6.54 Å². The van der Waals surface area contributed by atoms with Gasteiger partial charge < -0.3 is 10.7 Å². The predicted molar refractivity (Wildman–Crippen MR) is 79.1 cm³/mol. The molecule has 0 saturated heterocycles. The Morgan fingerprint density at radius 3 is 2.70 bits per heavy atom. The standard InChI is InChI=1S/C15H18N4O/c1-10-5-3-4-6-12(10)9-17-15(20)13-7-11(2)18-14(8-13)19-16/h3-8H,9,16H2,1-2H3,(H,17,20)(H,18,19). The molecule has 0 saturated carbocycles. The van der Waals surface area contributed by atoms with Gasteiger partial charge in [0.05, 0.1) is 0 Å². The van der Waals surface area contributed by atoms with E-state index in [1.807, 2.05) is 38.1 Å². The second-order valence-corrected chi connectivity index (χ2v) is 4.64. The molecule has 1 heterocycles. The Bertz CT molecular complexity index is 625. The van der Waals surface area contributed by atoms with Gasteiger partial charge in [0.25, 0.3) is 5.91 Å². The van der Waals surface area contributed by atoms with Crippen molar-refractivity contribution in [3.63, 3.8) is 0 Å². The van der Waals surface area contributed by atoms with Crippen molar-refractivity contribution in [1.29, 1.82) is 0 Å². The lowest BCUT2D eigenvalue weighted by atomic mass is 10.1. The van der Waals surface area contributed by atoms with Gasteiger partial charge in [-0.05, 0) is 37.1 Å². The zero-order chi connectivity index (χ0) is 14.5. The molecule has 4 N–H and O–H groups in total. The summed E-state index contributed by atoms with van der Waals surface area (Å²) in [5.41, 5.74) is 5.99. The van der Waals surface area contributed by atoms with Crippen LogP contribution in [0.1, 0.15) is 27.2 Å². The number of amides is 1. The number of pyridine rings is 1. The van der Waals surface area contributed by atoms with Gasteiger partial charge in [0.2, 0.25) is 0 Å². The molecule has 2 aromatic rings. The Balaban J connectivity index is 2.09. The molecule has 5 nitrogen and oxygen atoms in total. The Morgan fingerprint density at radius 1 is 1.25 bits per heavy atom. The van der Waals surface area contributed by atoms with Crippen molar-refractivity contribution in [1.82, 2.24) is 10.3 Å². The number of nitrogens with zero attached hydrogens (tertiary/aromatic N) is 1. The molecule has 0 fully saturated rings. The van der Waals surface area contributed by atoms with Crippen molar-refractivity contribution in [3.05, 3.63) is 58.8 Å². The molecule has 0 aliphatic rings. The van der Waals surface area contributed by atoms with Crippen molar-refractivity contribution in [3.8, 4) is 0 Å². The smallest absolute Gasteiger partial charge is 0.251 e. The number of aromatic nitrogens is 1. The fraction of sp³-hybridized carbons (Fsp3) is 0.200. The van der Waals surface area contributed by atoms with Crippen LogP contribution in [0.25, 0.3) is 0 Å². The van der Waals surface area contributed by atoms with Crippen LogP contribution in [0.3, 0.4) is 0 Å². The van der Waals surface area contributed by atoms with E-state index >= 15 is 0 Å². The number of nitrogens with one attached hydrogen (secondary N) is 2. The van der Waals surface area contributed by atoms with Crippen LogP contribution in [-0.4, -0.2) is 10.9 Å². The average Bonchev–Trinajstić information content (AvgIpc) is 2.45. The van der Waals surface area contributed by atoms with Gasteiger partial charge in [-0.15, -0.1) is 0 Å². The minimum atomic E-state index is -0.143. The number of anilines is 1. The summed E-state index contributed by atoms with van der Waals surface area (Å²) in [7, 11) is 0. The summed E-state index contributed by atoms with van der Waals surface area (Å²) in [4.78, 5) is 16.3. The lowest BCUT2D eigenvalue weighted by Gasteiger charge is -2.09. The number of aryl methyl sites for hydroxylation is 2. The SMILES string of the molecule is Cc1cc(C(=O)NCc2ccccc2C)cc(NN)n1. The molecular formula is C15H18N4O. The molecule has 5 heteroatoms. The monoisotopic (exact) mass is 270 g/mol. The van der Waals surface area contributed by atoms with Crippen molar-refractivity contribution in [2.24, 2.45) is 5.84 Å². The molecule has 0 radical (unpaired) electrons. The normalized spacial score (nSPS) is 10.2. The van der Waals surface area contributed by atoms with Gasteiger partial charge in [-0.1, -0.05) is 24.3 Å². The number of nitrogens with two attached hydrogens (primary N) is 1. The number of hydrogen-bond acceptors (Lipinski definition) is 4. The first kappa shape index (κ1) is 14.0. The first-order chi connectivity index (χ1) is 9.60. The van der Waals surface area contributed by atoms with Crippen LogP contribution in [0.2, 0.25) is 0 Å². The molecule has 0 atom stereocenters. The number of hydrogen-bond donors (Lipinski definition) is 3. The first-order valence-corrected chi connectivity index (χ1v) is 6.38. The molecule has 2 rings (SSSR count). The van der Waals surface area contributed by atoms with E-state index in [2.05, 4.69) is 15.7 Å². The maximum Gasteiger partial charge on any atom is 0.251 e. The molecule has 0 spiro atoms. The molecular weight excluding hydrogens is 252 g/mol. The average molecular weight is 270 g/mol. The van der Waals surface area contributed by atoms with E-state index in [1.54, 1.807) is 12.1 Å². The number of benzene rings is 1. The molecule has 1 aromatic heterocycles. The largest absolute Gasteiger partial charge is 0.348 e. The lowest BCUT2D eigenvalue weighted by Crippen LogP contribution is -2.24. The fourth-order valence-corrected chi connectivity index (χ4v) is 1.96. The highest BCUT2D eigenvalue weighted by Crippen LogP contribution is 2.10.